The third kappa shape index (κ3) is 1.62. The summed E-state index contributed by atoms with van der Waals surface area (Å²) >= 11 is 0. The summed E-state index contributed by atoms with van der Waals surface area (Å²) < 4.78 is 0. The third-order valence-corrected chi connectivity index (χ3v) is 4.07. The van der Waals surface area contributed by atoms with E-state index in [0.29, 0.717) is 6.04 Å². The van der Waals surface area contributed by atoms with Crippen molar-refractivity contribution in [3.63, 3.8) is 0 Å². The zero-order chi connectivity index (χ0) is 11.1. The number of guanidine groups is 1. The summed E-state index contributed by atoms with van der Waals surface area (Å²) in [5.41, 5.74) is 6.27. The van der Waals surface area contributed by atoms with Gasteiger partial charge < -0.3 is 10.6 Å². The van der Waals surface area contributed by atoms with Crippen LogP contribution in [0.2, 0.25) is 0 Å². The standard InChI is InChI=1S/C12H23N3/c1-4-10-5-6-12(7-10)8-14-11(13)15(12)9(2)3/h9-10H,4-8H2,1-3H3,(H2,13,14). The average molecular weight is 209 g/mol. The molecule has 0 aromatic heterocycles. The summed E-state index contributed by atoms with van der Waals surface area (Å²) in [6.07, 6.45) is 5.20. The van der Waals surface area contributed by atoms with Crippen molar-refractivity contribution in [1.82, 2.24) is 4.90 Å². The van der Waals surface area contributed by atoms with Crippen LogP contribution >= 0.6 is 0 Å². The predicted molar refractivity (Wildman–Crippen MR) is 63.8 cm³/mol. The molecule has 2 aliphatic rings. The van der Waals surface area contributed by atoms with Crippen LogP contribution in [-0.2, 0) is 0 Å². The van der Waals surface area contributed by atoms with E-state index < -0.39 is 0 Å². The van der Waals surface area contributed by atoms with E-state index in [-0.39, 0.29) is 5.54 Å². The van der Waals surface area contributed by atoms with Crippen LogP contribution in [0.15, 0.2) is 4.99 Å². The lowest BCUT2D eigenvalue weighted by Crippen LogP contribution is -2.53. The minimum Gasteiger partial charge on any atom is -0.370 e. The van der Waals surface area contributed by atoms with Crippen molar-refractivity contribution >= 4 is 5.96 Å². The fourth-order valence-corrected chi connectivity index (χ4v) is 3.36. The molecule has 15 heavy (non-hydrogen) atoms. The average Bonchev–Trinajstić information content (AvgIpc) is 2.72. The molecule has 3 nitrogen and oxygen atoms in total. The maximum absolute atomic E-state index is 6.00. The molecule has 0 radical (unpaired) electrons. The predicted octanol–water partition coefficient (Wildman–Crippen LogP) is 1.97. The third-order valence-electron chi connectivity index (χ3n) is 4.07. The molecule has 0 bridgehead atoms. The van der Waals surface area contributed by atoms with Gasteiger partial charge in [-0.2, -0.15) is 0 Å². The Kier molecular flexibility index (Phi) is 2.65. The van der Waals surface area contributed by atoms with E-state index in [1.165, 1.54) is 25.7 Å². The van der Waals surface area contributed by atoms with Crippen LogP contribution < -0.4 is 5.73 Å². The van der Waals surface area contributed by atoms with Crippen molar-refractivity contribution < 1.29 is 0 Å². The van der Waals surface area contributed by atoms with Gasteiger partial charge in [0.1, 0.15) is 0 Å². The molecule has 2 N–H and O–H groups in total. The fourth-order valence-electron chi connectivity index (χ4n) is 3.36. The molecule has 1 fully saturated rings. The highest BCUT2D eigenvalue weighted by Crippen LogP contribution is 2.43. The molecule has 1 aliphatic heterocycles. The van der Waals surface area contributed by atoms with Gasteiger partial charge in [-0.25, -0.2) is 0 Å². The first-order valence-corrected chi connectivity index (χ1v) is 6.18. The Morgan fingerprint density at radius 1 is 1.60 bits per heavy atom. The largest absolute Gasteiger partial charge is 0.370 e. The summed E-state index contributed by atoms with van der Waals surface area (Å²) in [6.45, 7) is 7.65. The Morgan fingerprint density at radius 3 is 2.87 bits per heavy atom. The second kappa shape index (κ2) is 3.69. The number of nitrogens with two attached hydrogens (primary N) is 1. The molecule has 86 valence electrons. The SMILES string of the molecule is CCC1CCC2(CN=C(N)N2C(C)C)C1. The minimum absolute atomic E-state index is 0.277. The highest BCUT2D eigenvalue weighted by atomic mass is 15.4. The fraction of sp³-hybridized carbons (Fsp3) is 0.917. The first-order chi connectivity index (χ1) is 7.09. The Balaban J connectivity index is 2.16. The molecular weight excluding hydrogens is 186 g/mol. The van der Waals surface area contributed by atoms with Crippen LogP contribution in [0.25, 0.3) is 0 Å². The van der Waals surface area contributed by atoms with E-state index >= 15 is 0 Å². The lowest BCUT2D eigenvalue weighted by molar-refractivity contribution is 0.164. The van der Waals surface area contributed by atoms with E-state index in [0.717, 1.165) is 18.4 Å². The van der Waals surface area contributed by atoms with Crippen LogP contribution in [0.1, 0.15) is 46.5 Å². The summed E-state index contributed by atoms with van der Waals surface area (Å²) in [6, 6.07) is 0.479. The molecule has 1 aliphatic carbocycles. The summed E-state index contributed by atoms with van der Waals surface area (Å²) in [5.74, 6) is 1.65. The summed E-state index contributed by atoms with van der Waals surface area (Å²) in [4.78, 5) is 6.83. The molecular formula is C12H23N3. The molecule has 2 rings (SSSR count). The van der Waals surface area contributed by atoms with Crippen molar-refractivity contribution in [3.8, 4) is 0 Å². The Labute approximate surface area is 92.7 Å². The van der Waals surface area contributed by atoms with Crippen LogP contribution in [0.5, 0.6) is 0 Å². The lowest BCUT2D eigenvalue weighted by atomic mass is 9.93. The molecule has 0 aromatic rings. The topological polar surface area (TPSA) is 41.6 Å². The summed E-state index contributed by atoms with van der Waals surface area (Å²) in [7, 11) is 0. The quantitative estimate of drug-likeness (QED) is 0.755. The Hall–Kier alpha value is -0.730. The van der Waals surface area contributed by atoms with Crippen molar-refractivity contribution in [2.75, 3.05) is 6.54 Å². The van der Waals surface area contributed by atoms with E-state index in [1.54, 1.807) is 0 Å². The van der Waals surface area contributed by atoms with Crippen LogP contribution in [0.4, 0.5) is 0 Å². The molecule has 0 saturated heterocycles. The molecule has 1 spiro atoms. The van der Waals surface area contributed by atoms with Crippen molar-refractivity contribution in [2.24, 2.45) is 16.6 Å². The van der Waals surface area contributed by atoms with Gasteiger partial charge in [-0.15, -0.1) is 0 Å². The van der Waals surface area contributed by atoms with Gasteiger partial charge in [-0.3, -0.25) is 4.99 Å². The van der Waals surface area contributed by atoms with Crippen molar-refractivity contribution in [1.29, 1.82) is 0 Å². The molecule has 1 saturated carbocycles. The first kappa shape index (κ1) is 10.8. The van der Waals surface area contributed by atoms with Gasteiger partial charge in [0, 0.05) is 6.04 Å². The number of hydrogen-bond donors (Lipinski definition) is 1. The number of nitrogens with zero attached hydrogens (tertiary/aromatic N) is 2. The first-order valence-electron chi connectivity index (χ1n) is 6.18. The molecule has 0 amide bonds. The van der Waals surface area contributed by atoms with Crippen LogP contribution in [-0.4, -0.2) is 29.0 Å². The van der Waals surface area contributed by atoms with E-state index in [9.17, 15) is 0 Å². The normalized spacial score (nSPS) is 35.6. The van der Waals surface area contributed by atoms with Crippen LogP contribution in [0.3, 0.4) is 0 Å². The van der Waals surface area contributed by atoms with Crippen LogP contribution in [0, 0.1) is 5.92 Å². The van der Waals surface area contributed by atoms with E-state index in [4.69, 9.17) is 5.73 Å². The smallest absolute Gasteiger partial charge is 0.192 e. The molecule has 2 unspecified atom stereocenters. The van der Waals surface area contributed by atoms with Gasteiger partial charge in [0.2, 0.25) is 0 Å². The highest BCUT2D eigenvalue weighted by Gasteiger charge is 2.47. The number of aliphatic imine (C=N–C) groups is 1. The highest BCUT2D eigenvalue weighted by molar-refractivity contribution is 5.81. The number of rotatable bonds is 2. The molecule has 1 heterocycles. The second-order valence-corrected chi connectivity index (χ2v) is 5.38. The molecule has 3 heteroatoms. The van der Waals surface area contributed by atoms with Gasteiger partial charge in [-0.1, -0.05) is 13.3 Å². The molecule has 2 atom stereocenters. The minimum atomic E-state index is 0.277. The maximum Gasteiger partial charge on any atom is 0.192 e. The summed E-state index contributed by atoms with van der Waals surface area (Å²) in [5, 5.41) is 0. The second-order valence-electron chi connectivity index (χ2n) is 5.38. The maximum atomic E-state index is 6.00. The van der Waals surface area contributed by atoms with Gasteiger partial charge >= 0.3 is 0 Å². The van der Waals surface area contributed by atoms with E-state index in [1.807, 2.05) is 0 Å². The van der Waals surface area contributed by atoms with E-state index in [2.05, 4.69) is 30.7 Å². The Bertz CT molecular complexity index is 272. The van der Waals surface area contributed by atoms with Crippen molar-refractivity contribution in [2.45, 2.75) is 58.0 Å². The van der Waals surface area contributed by atoms with Crippen molar-refractivity contribution in [3.05, 3.63) is 0 Å². The Morgan fingerprint density at radius 2 is 2.33 bits per heavy atom. The lowest BCUT2D eigenvalue weighted by Gasteiger charge is -2.39. The monoisotopic (exact) mass is 209 g/mol. The van der Waals surface area contributed by atoms with Gasteiger partial charge in [0.25, 0.3) is 0 Å². The van der Waals surface area contributed by atoms with Gasteiger partial charge in [0.15, 0.2) is 5.96 Å². The molecule has 0 aromatic carbocycles. The zero-order valence-corrected chi connectivity index (χ0v) is 10.2. The zero-order valence-electron chi connectivity index (χ0n) is 10.2. The van der Waals surface area contributed by atoms with Gasteiger partial charge in [-0.05, 0) is 39.0 Å². The number of hydrogen-bond acceptors (Lipinski definition) is 3. The van der Waals surface area contributed by atoms with Gasteiger partial charge in [0.05, 0.1) is 12.1 Å².